The second-order valence-electron chi connectivity index (χ2n) is 3.63. The molecule has 0 aliphatic carbocycles. The van der Waals surface area contributed by atoms with Crippen LogP contribution in [-0.2, 0) is 4.74 Å². The Bertz CT molecular complexity index is 610. The molecule has 94 valence electrons. The number of halogens is 2. The second-order valence-corrected chi connectivity index (χ2v) is 5.15. The fourth-order valence-electron chi connectivity index (χ4n) is 1.57. The number of carbonyl (C=O) groups excluding carboxylic acids is 1. The number of carbonyl (C=O) groups is 1. The van der Waals surface area contributed by atoms with E-state index in [-0.39, 0.29) is 0 Å². The summed E-state index contributed by atoms with van der Waals surface area (Å²) in [6, 6.07) is 7.29. The van der Waals surface area contributed by atoms with Crippen LogP contribution in [0.5, 0.6) is 0 Å². The molecule has 0 amide bonds. The van der Waals surface area contributed by atoms with Crippen LogP contribution >= 0.6 is 34.2 Å². The molecule has 0 aliphatic rings. The van der Waals surface area contributed by atoms with Crippen molar-refractivity contribution in [1.29, 1.82) is 0 Å². The minimum atomic E-state index is -0.441. The Hall–Kier alpha value is -1.08. The highest BCUT2D eigenvalue weighted by Crippen LogP contribution is 2.22. The monoisotopic (exact) mass is 376 g/mol. The summed E-state index contributed by atoms with van der Waals surface area (Å²) in [6.45, 7) is 1.89. The molecule has 0 unspecified atom stereocenters. The number of benzene rings is 1. The first-order chi connectivity index (χ1) is 8.54. The number of hydrogen-bond donors (Lipinski definition) is 0. The number of methoxy groups -OCH3 is 1. The minimum Gasteiger partial charge on any atom is -0.464 e. The van der Waals surface area contributed by atoms with Gasteiger partial charge in [0.1, 0.15) is 0 Å². The van der Waals surface area contributed by atoms with Gasteiger partial charge in [0.05, 0.1) is 22.1 Å². The first-order valence-electron chi connectivity index (χ1n) is 5.14. The predicted octanol–water partition coefficient (Wildman–Crippen LogP) is 3.23. The van der Waals surface area contributed by atoms with E-state index in [2.05, 4.69) is 27.7 Å². The number of rotatable bonds is 2. The van der Waals surface area contributed by atoms with E-state index >= 15 is 0 Å². The van der Waals surface area contributed by atoms with Crippen molar-refractivity contribution in [2.24, 2.45) is 0 Å². The number of nitrogens with zero attached hydrogens (tertiary/aromatic N) is 2. The van der Waals surface area contributed by atoms with Gasteiger partial charge >= 0.3 is 5.97 Å². The van der Waals surface area contributed by atoms with Gasteiger partial charge in [-0.25, -0.2) is 9.48 Å². The van der Waals surface area contributed by atoms with Crippen LogP contribution < -0.4 is 0 Å². The maximum Gasteiger partial charge on any atom is 0.359 e. The fourth-order valence-corrected chi connectivity index (χ4v) is 2.31. The summed E-state index contributed by atoms with van der Waals surface area (Å²) in [4.78, 5) is 11.6. The Morgan fingerprint density at radius 2 is 2.22 bits per heavy atom. The van der Waals surface area contributed by atoms with Gasteiger partial charge in [-0.15, -0.1) is 0 Å². The van der Waals surface area contributed by atoms with E-state index in [1.165, 1.54) is 7.11 Å². The molecule has 0 N–H and O–H groups in total. The first-order valence-corrected chi connectivity index (χ1v) is 6.59. The Morgan fingerprint density at radius 3 is 2.83 bits per heavy atom. The summed E-state index contributed by atoms with van der Waals surface area (Å²) in [5.41, 5.74) is 2.00. The maximum absolute atomic E-state index is 11.6. The summed E-state index contributed by atoms with van der Waals surface area (Å²) in [7, 11) is 1.34. The summed E-state index contributed by atoms with van der Waals surface area (Å²) in [5.74, 6) is -0.441. The van der Waals surface area contributed by atoms with E-state index in [1.54, 1.807) is 16.8 Å². The number of ether oxygens (including phenoxy) is 1. The molecule has 0 atom stereocenters. The van der Waals surface area contributed by atoms with Gasteiger partial charge in [0.25, 0.3) is 0 Å². The average Bonchev–Trinajstić information content (AvgIpc) is 2.66. The first kappa shape index (κ1) is 13.4. The van der Waals surface area contributed by atoms with E-state index in [0.717, 1.165) is 15.0 Å². The quantitative estimate of drug-likeness (QED) is 0.597. The molecule has 0 saturated heterocycles. The van der Waals surface area contributed by atoms with Crippen LogP contribution in [0.15, 0.2) is 24.3 Å². The SMILES string of the molecule is COC(=O)c1nn(-c2cccc(Cl)c2)c(C)c1I. The highest BCUT2D eigenvalue weighted by molar-refractivity contribution is 14.1. The van der Waals surface area contributed by atoms with Gasteiger partial charge in [0.15, 0.2) is 5.69 Å². The molecular formula is C12H10ClIN2O2. The minimum absolute atomic E-state index is 0.315. The van der Waals surface area contributed by atoms with Crippen molar-refractivity contribution in [3.63, 3.8) is 0 Å². The molecule has 0 radical (unpaired) electrons. The Morgan fingerprint density at radius 1 is 1.50 bits per heavy atom. The standard InChI is InChI=1S/C12H10ClIN2O2/c1-7-10(14)11(12(17)18-2)15-16(7)9-5-3-4-8(13)6-9/h3-6H,1-2H3. The predicted molar refractivity (Wildman–Crippen MR) is 77.4 cm³/mol. The molecule has 18 heavy (non-hydrogen) atoms. The Kier molecular flexibility index (Phi) is 3.91. The highest BCUT2D eigenvalue weighted by Gasteiger charge is 2.20. The van der Waals surface area contributed by atoms with Crippen LogP contribution in [-0.4, -0.2) is 22.9 Å². The summed E-state index contributed by atoms with van der Waals surface area (Å²) in [6.07, 6.45) is 0. The largest absolute Gasteiger partial charge is 0.464 e. The van der Waals surface area contributed by atoms with Crippen molar-refractivity contribution in [2.75, 3.05) is 7.11 Å². The van der Waals surface area contributed by atoms with Gasteiger partial charge in [0.2, 0.25) is 0 Å². The van der Waals surface area contributed by atoms with Gasteiger partial charge in [-0.05, 0) is 47.7 Å². The maximum atomic E-state index is 11.6. The van der Waals surface area contributed by atoms with E-state index in [0.29, 0.717) is 10.7 Å². The number of hydrogen-bond acceptors (Lipinski definition) is 3. The molecule has 2 aromatic rings. The van der Waals surface area contributed by atoms with Gasteiger partial charge in [0, 0.05) is 5.02 Å². The van der Waals surface area contributed by atoms with E-state index < -0.39 is 5.97 Å². The Balaban J connectivity index is 2.56. The second kappa shape index (κ2) is 5.27. The lowest BCUT2D eigenvalue weighted by Gasteiger charge is -2.04. The molecule has 1 heterocycles. The molecule has 2 rings (SSSR count). The lowest BCUT2D eigenvalue weighted by Crippen LogP contribution is -2.05. The smallest absolute Gasteiger partial charge is 0.359 e. The zero-order valence-electron chi connectivity index (χ0n) is 9.78. The van der Waals surface area contributed by atoms with E-state index in [1.807, 2.05) is 19.1 Å². The van der Waals surface area contributed by atoms with Crippen LogP contribution in [0.4, 0.5) is 0 Å². The van der Waals surface area contributed by atoms with Gasteiger partial charge < -0.3 is 4.74 Å². The van der Waals surface area contributed by atoms with Crippen molar-refractivity contribution in [2.45, 2.75) is 6.92 Å². The molecule has 1 aromatic heterocycles. The fraction of sp³-hybridized carbons (Fsp3) is 0.167. The molecule has 0 saturated carbocycles. The van der Waals surface area contributed by atoms with Crippen LogP contribution in [0.2, 0.25) is 5.02 Å². The van der Waals surface area contributed by atoms with E-state index in [9.17, 15) is 4.79 Å². The molecule has 1 aromatic carbocycles. The van der Waals surface area contributed by atoms with Gasteiger partial charge in [-0.2, -0.15) is 5.10 Å². The van der Waals surface area contributed by atoms with Crippen molar-refractivity contribution in [3.8, 4) is 5.69 Å². The third kappa shape index (κ3) is 2.37. The zero-order valence-corrected chi connectivity index (χ0v) is 12.7. The summed E-state index contributed by atoms with van der Waals surface area (Å²) < 4.78 is 7.16. The third-order valence-electron chi connectivity index (χ3n) is 2.47. The molecule has 4 nitrogen and oxygen atoms in total. The molecule has 0 aliphatic heterocycles. The number of aromatic nitrogens is 2. The topological polar surface area (TPSA) is 44.1 Å². The lowest BCUT2D eigenvalue weighted by atomic mass is 10.3. The van der Waals surface area contributed by atoms with Gasteiger partial charge in [-0.1, -0.05) is 17.7 Å². The van der Waals surface area contributed by atoms with Crippen LogP contribution in [0.3, 0.4) is 0 Å². The number of esters is 1. The molecule has 6 heteroatoms. The van der Waals surface area contributed by atoms with Crippen molar-refractivity contribution in [3.05, 3.63) is 44.2 Å². The molecular weight excluding hydrogens is 367 g/mol. The van der Waals surface area contributed by atoms with E-state index in [4.69, 9.17) is 16.3 Å². The van der Waals surface area contributed by atoms with Crippen molar-refractivity contribution >= 4 is 40.2 Å². The highest BCUT2D eigenvalue weighted by atomic mass is 127. The van der Waals surface area contributed by atoms with Gasteiger partial charge in [-0.3, -0.25) is 0 Å². The van der Waals surface area contributed by atoms with Crippen LogP contribution in [0.1, 0.15) is 16.2 Å². The summed E-state index contributed by atoms with van der Waals surface area (Å²) >= 11 is 8.03. The lowest BCUT2D eigenvalue weighted by molar-refractivity contribution is 0.0592. The average molecular weight is 377 g/mol. The van der Waals surface area contributed by atoms with Crippen molar-refractivity contribution < 1.29 is 9.53 Å². The summed E-state index contributed by atoms with van der Waals surface area (Å²) in [5, 5.41) is 4.89. The van der Waals surface area contributed by atoms with Crippen LogP contribution in [0.25, 0.3) is 5.69 Å². The third-order valence-corrected chi connectivity index (χ3v) is 4.00. The van der Waals surface area contributed by atoms with Crippen LogP contribution in [0, 0.1) is 10.5 Å². The Labute approximate surface area is 123 Å². The van der Waals surface area contributed by atoms with Crippen molar-refractivity contribution in [1.82, 2.24) is 9.78 Å². The normalized spacial score (nSPS) is 10.4. The molecule has 0 bridgehead atoms. The molecule has 0 spiro atoms. The zero-order chi connectivity index (χ0) is 13.3. The molecule has 0 fully saturated rings.